The van der Waals surface area contributed by atoms with E-state index < -0.39 is 0 Å². The van der Waals surface area contributed by atoms with Crippen LogP contribution in [0.5, 0.6) is 5.75 Å². The number of nitrogens with zero attached hydrogens (tertiary/aromatic N) is 2. The van der Waals surface area contributed by atoms with Crippen molar-refractivity contribution < 1.29 is 9.53 Å². The van der Waals surface area contributed by atoms with E-state index in [1.807, 2.05) is 66.9 Å². The van der Waals surface area contributed by atoms with Crippen LogP contribution in [0.15, 0.2) is 77.8 Å². The first-order chi connectivity index (χ1) is 15.2. The van der Waals surface area contributed by atoms with Crippen LogP contribution in [-0.4, -0.2) is 21.6 Å². The van der Waals surface area contributed by atoms with Crippen LogP contribution in [0.2, 0.25) is 0 Å². The lowest BCUT2D eigenvalue weighted by Crippen LogP contribution is -2.19. The number of amides is 1. The summed E-state index contributed by atoms with van der Waals surface area (Å²) in [5.41, 5.74) is 3.88. The van der Waals surface area contributed by atoms with Crippen LogP contribution in [0.1, 0.15) is 11.4 Å². The second-order valence-electron chi connectivity index (χ2n) is 7.15. The van der Waals surface area contributed by atoms with Gasteiger partial charge in [0.2, 0.25) is 5.91 Å². The SMILES string of the molecule is O=C1CSc2c(NCc3cccc(OCc4ncc5ccccc5n4)c3)cccc2N1. The molecule has 2 N–H and O–H groups in total. The number of hydrogen-bond donors (Lipinski definition) is 2. The molecule has 1 aromatic heterocycles. The maximum Gasteiger partial charge on any atom is 0.234 e. The second kappa shape index (κ2) is 8.65. The van der Waals surface area contributed by atoms with Crippen LogP contribution < -0.4 is 15.4 Å². The molecular formula is C24H20N4O2S. The number of nitrogens with one attached hydrogen (secondary N) is 2. The quantitative estimate of drug-likeness (QED) is 0.457. The van der Waals surface area contributed by atoms with Gasteiger partial charge in [-0.15, -0.1) is 11.8 Å². The third-order valence-corrected chi connectivity index (χ3v) is 6.06. The number of anilines is 2. The fourth-order valence-corrected chi connectivity index (χ4v) is 4.34. The smallest absolute Gasteiger partial charge is 0.234 e. The zero-order valence-corrected chi connectivity index (χ0v) is 17.5. The Hall–Kier alpha value is -3.58. The molecule has 3 aromatic carbocycles. The molecular weight excluding hydrogens is 408 g/mol. The molecule has 0 fully saturated rings. The highest BCUT2D eigenvalue weighted by atomic mass is 32.2. The number of hydrogen-bond acceptors (Lipinski definition) is 6. The van der Waals surface area contributed by atoms with Crippen molar-refractivity contribution in [2.75, 3.05) is 16.4 Å². The van der Waals surface area contributed by atoms with Gasteiger partial charge in [0.25, 0.3) is 0 Å². The van der Waals surface area contributed by atoms with Crippen molar-refractivity contribution in [1.82, 2.24) is 9.97 Å². The minimum absolute atomic E-state index is 0.0369. The van der Waals surface area contributed by atoms with Gasteiger partial charge in [-0.05, 0) is 35.9 Å². The molecule has 0 saturated carbocycles. The van der Waals surface area contributed by atoms with Crippen LogP contribution in [0, 0.1) is 0 Å². The molecule has 0 aliphatic carbocycles. The van der Waals surface area contributed by atoms with Gasteiger partial charge in [0, 0.05) is 18.1 Å². The number of aromatic nitrogens is 2. The zero-order chi connectivity index (χ0) is 21.0. The molecule has 0 spiro atoms. The van der Waals surface area contributed by atoms with Gasteiger partial charge in [-0.1, -0.05) is 36.4 Å². The van der Waals surface area contributed by atoms with E-state index in [4.69, 9.17) is 4.74 Å². The summed E-state index contributed by atoms with van der Waals surface area (Å²) in [7, 11) is 0. The van der Waals surface area contributed by atoms with Crippen molar-refractivity contribution >= 4 is 39.9 Å². The first-order valence-electron chi connectivity index (χ1n) is 9.96. The summed E-state index contributed by atoms with van der Waals surface area (Å²) in [4.78, 5) is 21.6. The molecule has 0 radical (unpaired) electrons. The van der Waals surface area contributed by atoms with Gasteiger partial charge in [-0.25, -0.2) is 9.97 Å². The largest absolute Gasteiger partial charge is 0.486 e. The summed E-state index contributed by atoms with van der Waals surface area (Å²) in [5, 5.41) is 7.41. The van der Waals surface area contributed by atoms with E-state index in [0.29, 0.717) is 24.7 Å². The minimum Gasteiger partial charge on any atom is -0.486 e. The summed E-state index contributed by atoms with van der Waals surface area (Å²) in [6, 6.07) is 21.8. The number of ether oxygens (including phenoxy) is 1. The first kappa shape index (κ1) is 19.4. The number of fused-ring (bicyclic) bond motifs is 2. The molecule has 1 aliphatic rings. The number of benzene rings is 3. The van der Waals surface area contributed by atoms with Crippen LogP contribution in [0.25, 0.3) is 10.9 Å². The summed E-state index contributed by atoms with van der Waals surface area (Å²) >= 11 is 1.56. The van der Waals surface area contributed by atoms with Crippen LogP contribution in [0.4, 0.5) is 11.4 Å². The van der Waals surface area contributed by atoms with Gasteiger partial charge in [0.15, 0.2) is 5.82 Å². The summed E-state index contributed by atoms with van der Waals surface area (Å²) in [5.74, 6) is 1.89. The van der Waals surface area contributed by atoms with Crippen molar-refractivity contribution in [3.8, 4) is 5.75 Å². The lowest BCUT2D eigenvalue weighted by molar-refractivity contribution is -0.113. The fraction of sp³-hybridized carbons (Fsp3) is 0.125. The summed E-state index contributed by atoms with van der Waals surface area (Å²) in [6.45, 7) is 0.957. The average molecular weight is 429 g/mol. The number of para-hydroxylation sites is 1. The zero-order valence-electron chi connectivity index (χ0n) is 16.7. The van der Waals surface area contributed by atoms with Crippen molar-refractivity contribution in [3.05, 3.63) is 84.3 Å². The molecule has 4 aromatic rings. The van der Waals surface area contributed by atoms with Gasteiger partial charge < -0.3 is 15.4 Å². The molecule has 7 heteroatoms. The standard InChI is InChI=1S/C24H20N4O2S/c29-23-15-31-24-20(9-4-10-21(24)28-23)25-12-16-5-3-7-18(11-16)30-14-22-26-13-17-6-1-2-8-19(17)27-22/h1-11,13,25H,12,14-15H2,(H,28,29). The normalized spacial score (nSPS) is 12.8. The Morgan fingerprint density at radius 1 is 1.06 bits per heavy atom. The van der Waals surface area contributed by atoms with Crippen LogP contribution in [0.3, 0.4) is 0 Å². The van der Waals surface area contributed by atoms with Crippen molar-refractivity contribution in [3.63, 3.8) is 0 Å². The monoisotopic (exact) mass is 428 g/mol. The summed E-state index contributed by atoms with van der Waals surface area (Å²) in [6.07, 6.45) is 1.82. The molecule has 5 rings (SSSR count). The van der Waals surface area contributed by atoms with E-state index in [1.165, 1.54) is 0 Å². The molecule has 0 atom stereocenters. The van der Waals surface area contributed by atoms with Gasteiger partial charge >= 0.3 is 0 Å². The van der Waals surface area contributed by atoms with Gasteiger partial charge in [-0.2, -0.15) is 0 Å². The molecule has 6 nitrogen and oxygen atoms in total. The topological polar surface area (TPSA) is 76.1 Å². The lowest BCUT2D eigenvalue weighted by Gasteiger charge is -2.20. The molecule has 2 heterocycles. The molecule has 1 amide bonds. The Bertz CT molecular complexity index is 1260. The fourth-order valence-electron chi connectivity index (χ4n) is 3.42. The number of rotatable bonds is 6. The van der Waals surface area contributed by atoms with Crippen molar-refractivity contribution in [2.24, 2.45) is 0 Å². The molecule has 0 unspecified atom stereocenters. The number of thioether (sulfide) groups is 1. The predicted molar refractivity (Wildman–Crippen MR) is 123 cm³/mol. The maximum atomic E-state index is 11.6. The maximum absolute atomic E-state index is 11.6. The Kier molecular flexibility index (Phi) is 5.41. The van der Waals surface area contributed by atoms with E-state index in [2.05, 4.69) is 26.7 Å². The number of carbonyl (C=O) groups is 1. The Balaban J connectivity index is 1.24. The molecule has 0 bridgehead atoms. The molecule has 1 aliphatic heterocycles. The van der Waals surface area contributed by atoms with Gasteiger partial charge in [0.05, 0.1) is 27.5 Å². The lowest BCUT2D eigenvalue weighted by atomic mass is 10.2. The molecule has 31 heavy (non-hydrogen) atoms. The first-order valence-corrected chi connectivity index (χ1v) is 10.9. The van der Waals surface area contributed by atoms with Crippen LogP contribution >= 0.6 is 11.8 Å². The summed E-state index contributed by atoms with van der Waals surface area (Å²) < 4.78 is 5.93. The Labute approximate surface area is 184 Å². The van der Waals surface area contributed by atoms with Crippen LogP contribution in [-0.2, 0) is 17.9 Å². The highest BCUT2D eigenvalue weighted by Crippen LogP contribution is 2.37. The van der Waals surface area contributed by atoms with E-state index in [0.717, 1.165) is 38.5 Å². The second-order valence-corrected chi connectivity index (χ2v) is 8.14. The highest BCUT2D eigenvalue weighted by molar-refractivity contribution is 8.00. The van der Waals surface area contributed by atoms with Crippen molar-refractivity contribution in [2.45, 2.75) is 18.0 Å². The van der Waals surface area contributed by atoms with E-state index in [9.17, 15) is 4.79 Å². The van der Waals surface area contributed by atoms with E-state index >= 15 is 0 Å². The van der Waals surface area contributed by atoms with E-state index in [1.54, 1.807) is 11.8 Å². The average Bonchev–Trinajstić information content (AvgIpc) is 2.81. The van der Waals surface area contributed by atoms with Crippen molar-refractivity contribution in [1.29, 1.82) is 0 Å². The minimum atomic E-state index is 0.0369. The molecule has 0 saturated heterocycles. The van der Waals surface area contributed by atoms with E-state index in [-0.39, 0.29) is 5.91 Å². The molecule has 154 valence electrons. The Morgan fingerprint density at radius 2 is 1.97 bits per heavy atom. The predicted octanol–water partition coefficient (Wildman–Crippen LogP) is 4.87. The van der Waals surface area contributed by atoms with Gasteiger partial charge in [0.1, 0.15) is 12.4 Å². The highest BCUT2D eigenvalue weighted by Gasteiger charge is 2.18. The third kappa shape index (κ3) is 4.46. The Morgan fingerprint density at radius 3 is 2.94 bits per heavy atom. The van der Waals surface area contributed by atoms with Gasteiger partial charge in [-0.3, -0.25) is 4.79 Å². The third-order valence-electron chi connectivity index (χ3n) is 4.92. The number of carbonyl (C=O) groups excluding carboxylic acids is 1.